The Labute approximate surface area is 97.3 Å². The molecule has 17 heavy (non-hydrogen) atoms. The predicted molar refractivity (Wildman–Crippen MR) is 57.2 cm³/mol. The number of amides is 2. The smallest absolute Gasteiger partial charge is 0.252 e. The van der Waals surface area contributed by atoms with Crippen molar-refractivity contribution in [2.24, 2.45) is 0 Å². The van der Waals surface area contributed by atoms with Crippen molar-refractivity contribution in [3.8, 4) is 0 Å². The number of carbonyl (C=O) groups is 2. The topological polar surface area (TPSA) is 98.1 Å². The number of rotatable bonds is 5. The standard InChI is InChI=1S/C9H13N5O3/c1-17-3-2-10-7(15)4-6-8(16)13-9-11-5-12-14(6)9/h5-6H,2-4H2,1H3,(H,10,15)(H,11,12,13,16)/t6-/m0/s1. The van der Waals surface area contributed by atoms with Gasteiger partial charge in [-0.1, -0.05) is 0 Å². The van der Waals surface area contributed by atoms with Gasteiger partial charge in [-0.2, -0.15) is 10.1 Å². The maximum atomic E-state index is 11.5. The molecule has 92 valence electrons. The van der Waals surface area contributed by atoms with Crippen LogP contribution in [0.2, 0.25) is 0 Å². The third-order valence-electron chi connectivity index (χ3n) is 2.41. The molecule has 0 unspecified atom stereocenters. The Morgan fingerprint density at radius 2 is 2.53 bits per heavy atom. The highest BCUT2D eigenvalue weighted by Gasteiger charge is 2.33. The number of hydrogen-bond acceptors (Lipinski definition) is 5. The van der Waals surface area contributed by atoms with Crippen LogP contribution in [0.25, 0.3) is 0 Å². The summed E-state index contributed by atoms with van der Waals surface area (Å²) in [6.45, 7) is 0.866. The lowest BCUT2D eigenvalue weighted by molar-refractivity contribution is -0.126. The van der Waals surface area contributed by atoms with Crippen molar-refractivity contribution in [3.05, 3.63) is 6.33 Å². The SMILES string of the molecule is COCCNC(=O)C[C@H]1C(=O)Nc2ncnn21. The molecule has 0 bridgehead atoms. The normalized spacial score (nSPS) is 17.7. The largest absolute Gasteiger partial charge is 0.383 e. The number of ether oxygens (including phenoxy) is 1. The van der Waals surface area contributed by atoms with Crippen LogP contribution in [0.4, 0.5) is 5.95 Å². The molecule has 0 spiro atoms. The number of nitrogens with one attached hydrogen (secondary N) is 2. The van der Waals surface area contributed by atoms with Gasteiger partial charge in [0.05, 0.1) is 13.0 Å². The summed E-state index contributed by atoms with van der Waals surface area (Å²) in [4.78, 5) is 26.9. The molecule has 2 rings (SSSR count). The van der Waals surface area contributed by atoms with Crippen molar-refractivity contribution in [3.63, 3.8) is 0 Å². The third kappa shape index (κ3) is 2.41. The van der Waals surface area contributed by atoms with Gasteiger partial charge in [0.15, 0.2) is 0 Å². The first-order valence-corrected chi connectivity index (χ1v) is 5.18. The number of carbonyl (C=O) groups excluding carboxylic acids is 2. The number of nitrogens with zero attached hydrogens (tertiary/aromatic N) is 3. The summed E-state index contributed by atoms with van der Waals surface area (Å²) >= 11 is 0. The molecule has 8 heteroatoms. The van der Waals surface area contributed by atoms with Crippen molar-refractivity contribution in [1.29, 1.82) is 0 Å². The first kappa shape index (κ1) is 11.5. The van der Waals surface area contributed by atoms with Gasteiger partial charge in [-0.05, 0) is 0 Å². The van der Waals surface area contributed by atoms with Crippen molar-refractivity contribution < 1.29 is 14.3 Å². The van der Waals surface area contributed by atoms with Gasteiger partial charge in [0, 0.05) is 13.7 Å². The van der Waals surface area contributed by atoms with E-state index in [1.165, 1.54) is 11.0 Å². The van der Waals surface area contributed by atoms with Crippen LogP contribution in [-0.4, -0.2) is 46.8 Å². The van der Waals surface area contributed by atoms with E-state index >= 15 is 0 Å². The summed E-state index contributed by atoms with van der Waals surface area (Å²) < 4.78 is 6.22. The van der Waals surface area contributed by atoms with Crippen LogP contribution in [0.15, 0.2) is 6.33 Å². The highest BCUT2D eigenvalue weighted by molar-refractivity contribution is 5.98. The number of anilines is 1. The summed E-state index contributed by atoms with van der Waals surface area (Å²) in [5, 5.41) is 9.09. The molecule has 1 aliphatic heterocycles. The second-order valence-corrected chi connectivity index (χ2v) is 3.58. The minimum atomic E-state index is -0.616. The van der Waals surface area contributed by atoms with Crippen molar-refractivity contribution in [2.45, 2.75) is 12.5 Å². The van der Waals surface area contributed by atoms with E-state index in [9.17, 15) is 9.59 Å². The van der Waals surface area contributed by atoms with Gasteiger partial charge in [0.25, 0.3) is 5.91 Å². The molecular weight excluding hydrogens is 226 g/mol. The molecule has 0 radical (unpaired) electrons. The average molecular weight is 239 g/mol. The maximum absolute atomic E-state index is 11.5. The summed E-state index contributed by atoms with van der Waals surface area (Å²) in [5.74, 6) is -0.0993. The van der Waals surface area contributed by atoms with E-state index in [0.29, 0.717) is 19.1 Å². The highest BCUT2D eigenvalue weighted by atomic mass is 16.5. The van der Waals surface area contributed by atoms with Crippen LogP contribution in [0.1, 0.15) is 12.5 Å². The molecule has 2 N–H and O–H groups in total. The average Bonchev–Trinajstić information content (AvgIpc) is 2.83. The highest BCUT2D eigenvalue weighted by Crippen LogP contribution is 2.23. The molecule has 0 aliphatic carbocycles. The van der Waals surface area contributed by atoms with Gasteiger partial charge in [-0.3, -0.25) is 14.9 Å². The molecule has 1 aromatic rings. The second-order valence-electron chi connectivity index (χ2n) is 3.58. The minimum Gasteiger partial charge on any atom is -0.383 e. The van der Waals surface area contributed by atoms with E-state index in [4.69, 9.17) is 4.74 Å². The van der Waals surface area contributed by atoms with E-state index in [1.54, 1.807) is 7.11 Å². The Bertz CT molecular complexity index is 430. The number of hydrogen-bond donors (Lipinski definition) is 2. The fourth-order valence-corrected chi connectivity index (χ4v) is 1.59. The molecule has 1 aromatic heterocycles. The zero-order valence-electron chi connectivity index (χ0n) is 9.34. The van der Waals surface area contributed by atoms with Gasteiger partial charge in [0.2, 0.25) is 11.9 Å². The monoisotopic (exact) mass is 239 g/mol. The fraction of sp³-hybridized carbons (Fsp3) is 0.556. The van der Waals surface area contributed by atoms with Gasteiger partial charge in [-0.15, -0.1) is 0 Å². The molecule has 1 atom stereocenters. The zero-order chi connectivity index (χ0) is 12.3. The Morgan fingerprint density at radius 1 is 1.71 bits per heavy atom. The van der Waals surface area contributed by atoms with Crippen LogP contribution in [-0.2, 0) is 14.3 Å². The van der Waals surface area contributed by atoms with Crippen LogP contribution in [0, 0.1) is 0 Å². The van der Waals surface area contributed by atoms with E-state index < -0.39 is 6.04 Å². The predicted octanol–water partition coefficient (Wildman–Crippen LogP) is -1.08. The summed E-state index contributed by atoms with van der Waals surface area (Å²) in [7, 11) is 1.55. The Morgan fingerprint density at radius 3 is 3.29 bits per heavy atom. The summed E-state index contributed by atoms with van der Waals surface area (Å²) in [6.07, 6.45) is 1.39. The van der Waals surface area contributed by atoms with E-state index in [0.717, 1.165) is 0 Å². The quantitative estimate of drug-likeness (QED) is 0.637. The van der Waals surface area contributed by atoms with Crippen LogP contribution >= 0.6 is 0 Å². The van der Waals surface area contributed by atoms with Crippen molar-refractivity contribution >= 4 is 17.8 Å². The van der Waals surface area contributed by atoms with E-state index in [1.807, 2.05) is 0 Å². The molecular formula is C9H13N5O3. The van der Waals surface area contributed by atoms with Gasteiger partial charge < -0.3 is 10.1 Å². The molecule has 1 aliphatic rings. The van der Waals surface area contributed by atoms with Crippen molar-refractivity contribution in [1.82, 2.24) is 20.1 Å². The first-order valence-electron chi connectivity index (χ1n) is 5.18. The molecule has 0 fully saturated rings. The second kappa shape index (κ2) is 4.91. The van der Waals surface area contributed by atoms with Crippen LogP contribution < -0.4 is 10.6 Å². The summed E-state index contributed by atoms with van der Waals surface area (Å²) in [5.41, 5.74) is 0. The third-order valence-corrected chi connectivity index (χ3v) is 2.41. The first-order chi connectivity index (χ1) is 8.22. The Balaban J connectivity index is 1.91. The summed E-state index contributed by atoms with van der Waals surface area (Å²) in [6, 6.07) is -0.616. The minimum absolute atomic E-state index is 0.0475. The van der Waals surface area contributed by atoms with Crippen LogP contribution in [0.5, 0.6) is 0 Å². The molecule has 8 nitrogen and oxygen atoms in total. The maximum Gasteiger partial charge on any atom is 0.252 e. The Kier molecular flexibility index (Phi) is 3.33. The lowest BCUT2D eigenvalue weighted by Gasteiger charge is -2.08. The van der Waals surface area contributed by atoms with Gasteiger partial charge >= 0.3 is 0 Å². The van der Waals surface area contributed by atoms with Gasteiger partial charge in [-0.25, -0.2) is 4.68 Å². The van der Waals surface area contributed by atoms with Crippen LogP contribution in [0.3, 0.4) is 0 Å². The molecule has 0 saturated heterocycles. The molecule has 2 amide bonds. The van der Waals surface area contributed by atoms with E-state index in [2.05, 4.69) is 20.7 Å². The Hall–Kier alpha value is -1.96. The number of fused-ring (bicyclic) bond motifs is 1. The number of aromatic nitrogens is 3. The molecule has 2 heterocycles. The van der Waals surface area contributed by atoms with Crippen molar-refractivity contribution in [2.75, 3.05) is 25.6 Å². The zero-order valence-corrected chi connectivity index (χ0v) is 9.34. The fourth-order valence-electron chi connectivity index (χ4n) is 1.59. The molecule has 0 saturated carbocycles. The lowest BCUT2D eigenvalue weighted by Crippen LogP contribution is -2.31. The van der Waals surface area contributed by atoms with E-state index in [-0.39, 0.29) is 18.2 Å². The molecule has 0 aromatic carbocycles. The lowest BCUT2D eigenvalue weighted by atomic mass is 10.2. The number of methoxy groups -OCH3 is 1. The van der Waals surface area contributed by atoms with Gasteiger partial charge in [0.1, 0.15) is 12.4 Å².